The number of hydrogen-bond donors (Lipinski definition) is 2. The van der Waals surface area contributed by atoms with Crippen LogP contribution in [0.2, 0.25) is 5.02 Å². The van der Waals surface area contributed by atoms with Crippen molar-refractivity contribution in [2.24, 2.45) is 0 Å². The van der Waals surface area contributed by atoms with Gasteiger partial charge in [-0.25, -0.2) is 4.98 Å². The molecule has 0 aliphatic heterocycles. The van der Waals surface area contributed by atoms with Crippen LogP contribution < -0.4 is 11.1 Å². The minimum absolute atomic E-state index is 0.368. The summed E-state index contributed by atoms with van der Waals surface area (Å²) in [4.78, 5) is 13.5. The molecule has 3 N–H and O–H groups in total. The second-order valence-electron chi connectivity index (χ2n) is 6.09. The average Bonchev–Trinajstić information content (AvgIpc) is 2.91. The summed E-state index contributed by atoms with van der Waals surface area (Å²) in [6, 6.07) is 15.3. The Bertz CT molecular complexity index is 1100. The van der Waals surface area contributed by atoms with E-state index in [2.05, 4.69) is 20.3 Å². The Morgan fingerprint density at radius 2 is 1.73 bits per heavy atom. The van der Waals surface area contributed by atoms with Gasteiger partial charge >= 0.3 is 0 Å². The van der Waals surface area contributed by atoms with E-state index in [0.717, 1.165) is 22.5 Å². The van der Waals surface area contributed by atoms with Gasteiger partial charge in [0.2, 0.25) is 5.95 Å². The molecule has 4 rings (SSSR count). The topological polar surface area (TPSA) is 81.6 Å². The summed E-state index contributed by atoms with van der Waals surface area (Å²) in [5.74, 6) is 2.22. The maximum Gasteiger partial charge on any atom is 0.231 e. The third-order valence-corrected chi connectivity index (χ3v) is 4.29. The van der Waals surface area contributed by atoms with Gasteiger partial charge in [0.1, 0.15) is 17.5 Å². The molecule has 130 valence electrons. The first kappa shape index (κ1) is 16.4. The standard InChI is InChI=1S/C19H17ClN6/c1-11-3-6-14(7-4-11)23-19-24-17(21)10-18(25-19)26-12(2)22-15-8-5-13(20)9-16(15)26/h3-10H,1-2H3,(H3,21,23,24,25). The van der Waals surface area contributed by atoms with Crippen LogP contribution in [0.25, 0.3) is 16.9 Å². The minimum Gasteiger partial charge on any atom is -0.383 e. The number of nitrogens with two attached hydrogens (primary N) is 1. The van der Waals surface area contributed by atoms with Crippen molar-refractivity contribution in [2.75, 3.05) is 11.1 Å². The van der Waals surface area contributed by atoms with Crippen molar-refractivity contribution >= 4 is 40.1 Å². The highest BCUT2D eigenvalue weighted by atomic mass is 35.5. The van der Waals surface area contributed by atoms with Crippen LogP contribution in [0.1, 0.15) is 11.4 Å². The number of rotatable bonds is 3. The molecular weight excluding hydrogens is 348 g/mol. The molecule has 0 unspecified atom stereocenters. The Kier molecular flexibility index (Phi) is 3.97. The smallest absolute Gasteiger partial charge is 0.231 e. The SMILES string of the molecule is Cc1ccc(Nc2nc(N)cc(-n3c(C)nc4ccc(Cl)cc43)n2)cc1. The Labute approximate surface area is 155 Å². The van der Waals surface area contributed by atoms with E-state index in [4.69, 9.17) is 17.3 Å². The second kappa shape index (κ2) is 6.31. The molecule has 4 aromatic rings. The van der Waals surface area contributed by atoms with E-state index >= 15 is 0 Å². The highest BCUT2D eigenvalue weighted by molar-refractivity contribution is 6.31. The molecule has 0 fully saturated rings. The van der Waals surface area contributed by atoms with Crippen LogP contribution in [-0.2, 0) is 0 Å². The third-order valence-electron chi connectivity index (χ3n) is 4.05. The van der Waals surface area contributed by atoms with Gasteiger partial charge in [0.05, 0.1) is 11.0 Å². The molecule has 6 nitrogen and oxygen atoms in total. The largest absolute Gasteiger partial charge is 0.383 e. The number of aromatic nitrogens is 4. The quantitative estimate of drug-likeness (QED) is 0.562. The van der Waals surface area contributed by atoms with E-state index in [1.54, 1.807) is 6.07 Å². The molecule has 2 aromatic heterocycles. The number of hydrogen-bond acceptors (Lipinski definition) is 5. The van der Waals surface area contributed by atoms with Crippen LogP contribution >= 0.6 is 11.6 Å². The molecule has 2 heterocycles. The van der Waals surface area contributed by atoms with Gasteiger partial charge in [-0.1, -0.05) is 29.3 Å². The van der Waals surface area contributed by atoms with Gasteiger partial charge in [0, 0.05) is 16.8 Å². The summed E-state index contributed by atoms with van der Waals surface area (Å²) >= 11 is 6.16. The van der Waals surface area contributed by atoms with Gasteiger partial charge in [-0.15, -0.1) is 0 Å². The predicted octanol–water partition coefficient (Wildman–Crippen LogP) is 4.41. The zero-order chi connectivity index (χ0) is 18.3. The lowest BCUT2D eigenvalue weighted by atomic mass is 10.2. The fraction of sp³-hybridized carbons (Fsp3) is 0.105. The van der Waals surface area contributed by atoms with Crippen molar-refractivity contribution in [1.29, 1.82) is 0 Å². The molecule has 7 heteroatoms. The molecule has 0 saturated heterocycles. The molecule has 2 aromatic carbocycles. The maximum absolute atomic E-state index is 6.16. The fourth-order valence-corrected chi connectivity index (χ4v) is 3.01. The van der Waals surface area contributed by atoms with E-state index in [9.17, 15) is 0 Å². The first-order chi connectivity index (χ1) is 12.5. The molecule has 26 heavy (non-hydrogen) atoms. The monoisotopic (exact) mass is 364 g/mol. The highest BCUT2D eigenvalue weighted by Crippen LogP contribution is 2.25. The second-order valence-corrected chi connectivity index (χ2v) is 6.53. The van der Waals surface area contributed by atoms with Gasteiger partial charge in [0.25, 0.3) is 0 Å². The lowest BCUT2D eigenvalue weighted by molar-refractivity contribution is 0.947. The number of nitrogen functional groups attached to an aromatic ring is 1. The van der Waals surface area contributed by atoms with Crippen molar-refractivity contribution in [3.8, 4) is 5.82 Å². The van der Waals surface area contributed by atoms with Gasteiger partial charge < -0.3 is 11.1 Å². The number of halogens is 1. The Morgan fingerprint density at radius 1 is 0.962 bits per heavy atom. The number of imidazole rings is 1. The zero-order valence-corrected chi connectivity index (χ0v) is 15.1. The van der Waals surface area contributed by atoms with Crippen LogP contribution in [-0.4, -0.2) is 19.5 Å². The first-order valence-corrected chi connectivity index (χ1v) is 8.50. The number of aryl methyl sites for hydroxylation is 2. The van der Waals surface area contributed by atoms with Crippen molar-refractivity contribution < 1.29 is 0 Å². The van der Waals surface area contributed by atoms with Crippen molar-refractivity contribution in [2.45, 2.75) is 13.8 Å². The molecule has 0 saturated carbocycles. The zero-order valence-electron chi connectivity index (χ0n) is 14.4. The molecule has 0 bridgehead atoms. The first-order valence-electron chi connectivity index (χ1n) is 8.13. The predicted molar refractivity (Wildman–Crippen MR) is 105 cm³/mol. The molecule has 0 radical (unpaired) electrons. The van der Waals surface area contributed by atoms with Gasteiger partial charge in [-0.2, -0.15) is 9.97 Å². The lowest BCUT2D eigenvalue weighted by Gasteiger charge is -2.11. The van der Waals surface area contributed by atoms with Crippen molar-refractivity contribution in [3.63, 3.8) is 0 Å². The number of nitrogens with zero attached hydrogens (tertiary/aromatic N) is 4. The van der Waals surface area contributed by atoms with Crippen molar-refractivity contribution in [1.82, 2.24) is 19.5 Å². The number of nitrogens with one attached hydrogen (secondary N) is 1. The third kappa shape index (κ3) is 3.07. The van der Waals surface area contributed by atoms with E-state index in [1.807, 2.05) is 60.9 Å². The molecule has 0 spiro atoms. The molecule has 0 aliphatic rings. The van der Waals surface area contributed by atoms with E-state index in [1.165, 1.54) is 5.56 Å². The van der Waals surface area contributed by atoms with E-state index < -0.39 is 0 Å². The Hall–Kier alpha value is -3.12. The minimum atomic E-state index is 0.368. The van der Waals surface area contributed by atoms with E-state index in [-0.39, 0.29) is 0 Å². The summed E-state index contributed by atoms with van der Waals surface area (Å²) in [6.07, 6.45) is 0. The lowest BCUT2D eigenvalue weighted by Crippen LogP contribution is -2.07. The maximum atomic E-state index is 6.16. The summed E-state index contributed by atoms with van der Waals surface area (Å²) in [5, 5.41) is 3.83. The molecule has 0 atom stereocenters. The molecule has 0 aliphatic carbocycles. The summed E-state index contributed by atoms with van der Waals surface area (Å²) in [6.45, 7) is 3.95. The fourth-order valence-electron chi connectivity index (χ4n) is 2.85. The van der Waals surface area contributed by atoms with Crippen LogP contribution in [0, 0.1) is 13.8 Å². The number of benzene rings is 2. The van der Waals surface area contributed by atoms with E-state index in [0.29, 0.717) is 22.6 Å². The summed E-state index contributed by atoms with van der Waals surface area (Å²) in [7, 11) is 0. The van der Waals surface area contributed by atoms with Crippen LogP contribution in [0.4, 0.5) is 17.5 Å². The van der Waals surface area contributed by atoms with Crippen LogP contribution in [0.5, 0.6) is 0 Å². The van der Waals surface area contributed by atoms with Gasteiger partial charge in [0.15, 0.2) is 0 Å². The summed E-state index contributed by atoms with van der Waals surface area (Å²) in [5.41, 5.74) is 9.80. The van der Waals surface area contributed by atoms with Gasteiger partial charge in [-0.05, 0) is 44.2 Å². The van der Waals surface area contributed by atoms with Crippen LogP contribution in [0.15, 0.2) is 48.5 Å². The Balaban J connectivity index is 1.80. The highest BCUT2D eigenvalue weighted by Gasteiger charge is 2.13. The normalized spacial score (nSPS) is 11.0. The average molecular weight is 365 g/mol. The van der Waals surface area contributed by atoms with Crippen molar-refractivity contribution in [3.05, 3.63) is 64.9 Å². The van der Waals surface area contributed by atoms with Gasteiger partial charge in [-0.3, -0.25) is 4.57 Å². The molecular formula is C19H17ClN6. The summed E-state index contributed by atoms with van der Waals surface area (Å²) < 4.78 is 1.92. The number of anilines is 3. The number of fused-ring (bicyclic) bond motifs is 1. The Morgan fingerprint density at radius 3 is 2.50 bits per heavy atom. The molecule has 0 amide bonds. The van der Waals surface area contributed by atoms with Crippen LogP contribution in [0.3, 0.4) is 0 Å².